The van der Waals surface area contributed by atoms with Crippen molar-refractivity contribution in [1.82, 2.24) is 5.32 Å². The number of ether oxygens (including phenoxy) is 1. The number of esters is 1. The van der Waals surface area contributed by atoms with Crippen molar-refractivity contribution >= 4 is 11.9 Å². The summed E-state index contributed by atoms with van der Waals surface area (Å²) >= 11 is 0. The topological polar surface area (TPSA) is 79.2 Å². The zero-order valence-corrected chi connectivity index (χ0v) is 11.3. The van der Waals surface area contributed by atoms with Crippen LogP contribution in [0.1, 0.15) is 35.2 Å². The lowest BCUT2D eigenvalue weighted by atomic mass is 10.1. The van der Waals surface area contributed by atoms with E-state index in [-0.39, 0.29) is 5.91 Å². The number of carbonyl (C=O) groups excluding carboxylic acids is 2. The average molecular weight is 272 g/mol. The molecule has 1 N–H and O–H groups in total. The first kappa shape index (κ1) is 14.1. The molecule has 0 aliphatic heterocycles. The van der Waals surface area contributed by atoms with E-state index in [9.17, 15) is 9.59 Å². The Morgan fingerprint density at radius 3 is 2.55 bits per heavy atom. The smallest absolute Gasteiger partial charge is 0.328 e. The van der Waals surface area contributed by atoms with E-state index in [4.69, 9.17) is 10.00 Å². The normalized spacial score (nSPS) is 15.0. The van der Waals surface area contributed by atoms with E-state index in [1.165, 1.54) is 7.11 Å². The summed E-state index contributed by atoms with van der Waals surface area (Å²) in [5.41, 5.74) is 0.915. The van der Waals surface area contributed by atoms with Crippen LogP contribution in [-0.4, -0.2) is 25.0 Å². The molecule has 1 saturated carbocycles. The van der Waals surface area contributed by atoms with Gasteiger partial charge in [-0.05, 0) is 36.6 Å². The van der Waals surface area contributed by atoms with Gasteiger partial charge in [0.2, 0.25) is 0 Å². The Labute approximate surface area is 117 Å². The van der Waals surface area contributed by atoms with Crippen LogP contribution in [-0.2, 0) is 9.53 Å². The summed E-state index contributed by atoms with van der Waals surface area (Å²) in [7, 11) is 1.32. The van der Waals surface area contributed by atoms with E-state index in [2.05, 4.69) is 5.32 Å². The van der Waals surface area contributed by atoms with Crippen LogP contribution < -0.4 is 5.32 Å². The second-order valence-electron chi connectivity index (χ2n) is 4.92. The molecule has 0 saturated heterocycles. The van der Waals surface area contributed by atoms with Gasteiger partial charge in [0.25, 0.3) is 5.91 Å². The molecule has 1 amide bonds. The van der Waals surface area contributed by atoms with Gasteiger partial charge in [-0.2, -0.15) is 5.26 Å². The van der Waals surface area contributed by atoms with Gasteiger partial charge < -0.3 is 10.1 Å². The van der Waals surface area contributed by atoms with Gasteiger partial charge in [-0.25, -0.2) is 4.79 Å². The van der Waals surface area contributed by atoms with E-state index in [0.29, 0.717) is 23.5 Å². The third-order valence-electron chi connectivity index (χ3n) is 3.33. The lowest BCUT2D eigenvalue weighted by Gasteiger charge is -2.16. The first-order chi connectivity index (χ1) is 9.63. The van der Waals surface area contributed by atoms with Crippen molar-refractivity contribution < 1.29 is 14.3 Å². The highest BCUT2D eigenvalue weighted by Crippen LogP contribution is 2.33. The van der Waals surface area contributed by atoms with Crippen LogP contribution >= 0.6 is 0 Å². The number of nitrogens with one attached hydrogen (secondary N) is 1. The number of nitrogens with zero attached hydrogens (tertiary/aromatic N) is 1. The van der Waals surface area contributed by atoms with Crippen molar-refractivity contribution in [3.8, 4) is 6.07 Å². The number of rotatable bonds is 5. The van der Waals surface area contributed by atoms with Crippen LogP contribution in [0, 0.1) is 17.2 Å². The molecular weight excluding hydrogens is 256 g/mol. The van der Waals surface area contributed by atoms with Crippen LogP contribution in [0.2, 0.25) is 0 Å². The van der Waals surface area contributed by atoms with E-state index in [1.807, 2.05) is 6.07 Å². The van der Waals surface area contributed by atoms with E-state index >= 15 is 0 Å². The SMILES string of the molecule is COC(=O)[C@H](CC1CC1)NC(=O)c1ccc(C#N)cc1. The van der Waals surface area contributed by atoms with Gasteiger partial charge in [-0.1, -0.05) is 12.8 Å². The van der Waals surface area contributed by atoms with Crippen LogP contribution in [0.25, 0.3) is 0 Å². The van der Waals surface area contributed by atoms with Gasteiger partial charge in [0.15, 0.2) is 0 Å². The largest absolute Gasteiger partial charge is 0.467 e. The first-order valence-corrected chi connectivity index (χ1v) is 6.53. The molecule has 0 aromatic heterocycles. The molecule has 2 rings (SSSR count). The molecule has 1 aliphatic rings. The summed E-state index contributed by atoms with van der Waals surface area (Å²) in [5, 5.41) is 11.4. The van der Waals surface area contributed by atoms with Gasteiger partial charge >= 0.3 is 5.97 Å². The number of benzene rings is 1. The Morgan fingerprint density at radius 2 is 2.05 bits per heavy atom. The predicted octanol–water partition coefficient (Wildman–Crippen LogP) is 1.63. The molecule has 1 aromatic carbocycles. The molecule has 5 heteroatoms. The average Bonchev–Trinajstić information content (AvgIpc) is 3.29. The number of nitriles is 1. The van der Waals surface area contributed by atoms with E-state index in [1.54, 1.807) is 24.3 Å². The fraction of sp³-hybridized carbons (Fsp3) is 0.400. The van der Waals surface area contributed by atoms with Crippen molar-refractivity contribution in [3.05, 3.63) is 35.4 Å². The molecule has 0 radical (unpaired) electrons. The lowest BCUT2D eigenvalue weighted by Crippen LogP contribution is -2.41. The molecule has 0 spiro atoms. The Hall–Kier alpha value is -2.35. The Kier molecular flexibility index (Phi) is 4.36. The molecular formula is C15H16N2O3. The molecule has 5 nitrogen and oxygen atoms in total. The second kappa shape index (κ2) is 6.20. The molecule has 1 aliphatic carbocycles. The fourth-order valence-corrected chi connectivity index (χ4v) is 1.98. The molecule has 0 unspecified atom stereocenters. The molecule has 104 valence electrons. The maximum absolute atomic E-state index is 12.1. The number of carbonyl (C=O) groups is 2. The summed E-state index contributed by atoms with van der Waals surface area (Å²) in [5.74, 6) is -0.246. The Morgan fingerprint density at radius 1 is 1.40 bits per heavy atom. The maximum atomic E-state index is 12.1. The molecule has 1 atom stereocenters. The Balaban J connectivity index is 2.02. The summed E-state index contributed by atoms with van der Waals surface area (Å²) < 4.78 is 4.72. The zero-order chi connectivity index (χ0) is 14.5. The summed E-state index contributed by atoms with van der Waals surface area (Å²) in [6, 6.07) is 7.67. The minimum Gasteiger partial charge on any atom is -0.467 e. The van der Waals surface area contributed by atoms with Crippen LogP contribution in [0.15, 0.2) is 24.3 Å². The van der Waals surface area contributed by atoms with Crippen LogP contribution in [0.4, 0.5) is 0 Å². The third kappa shape index (κ3) is 3.58. The van der Waals surface area contributed by atoms with Crippen molar-refractivity contribution in [2.24, 2.45) is 5.92 Å². The quantitative estimate of drug-likeness (QED) is 0.826. The van der Waals surface area contributed by atoms with E-state index in [0.717, 1.165) is 12.8 Å². The highest BCUT2D eigenvalue weighted by Gasteiger charge is 2.31. The Bertz CT molecular complexity index is 541. The number of hydrogen-bond acceptors (Lipinski definition) is 4. The van der Waals surface area contributed by atoms with Gasteiger partial charge in [0.1, 0.15) is 6.04 Å². The fourth-order valence-electron chi connectivity index (χ4n) is 1.98. The summed E-state index contributed by atoms with van der Waals surface area (Å²) in [6.07, 6.45) is 2.81. The highest BCUT2D eigenvalue weighted by molar-refractivity contribution is 5.96. The summed E-state index contributed by atoms with van der Waals surface area (Å²) in [4.78, 5) is 23.7. The summed E-state index contributed by atoms with van der Waals surface area (Å²) in [6.45, 7) is 0. The number of hydrogen-bond donors (Lipinski definition) is 1. The number of amides is 1. The third-order valence-corrected chi connectivity index (χ3v) is 3.33. The minimum atomic E-state index is -0.601. The maximum Gasteiger partial charge on any atom is 0.328 e. The monoisotopic (exact) mass is 272 g/mol. The van der Waals surface area contributed by atoms with Gasteiger partial charge in [-0.3, -0.25) is 4.79 Å². The van der Waals surface area contributed by atoms with Crippen molar-refractivity contribution in [1.29, 1.82) is 5.26 Å². The zero-order valence-electron chi connectivity index (χ0n) is 11.3. The molecule has 20 heavy (non-hydrogen) atoms. The second-order valence-corrected chi connectivity index (χ2v) is 4.92. The molecule has 0 heterocycles. The molecule has 1 fully saturated rings. The van der Waals surface area contributed by atoms with Gasteiger partial charge in [-0.15, -0.1) is 0 Å². The highest BCUT2D eigenvalue weighted by atomic mass is 16.5. The van der Waals surface area contributed by atoms with Crippen molar-refractivity contribution in [2.75, 3.05) is 7.11 Å². The molecule has 0 bridgehead atoms. The first-order valence-electron chi connectivity index (χ1n) is 6.53. The molecule has 1 aromatic rings. The van der Waals surface area contributed by atoms with Crippen LogP contribution in [0.5, 0.6) is 0 Å². The van der Waals surface area contributed by atoms with E-state index < -0.39 is 12.0 Å². The van der Waals surface area contributed by atoms with Crippen LogP contribution in [0.3, 0.4) is 0 Å². The number of methoxy groups -OCH3 is 1. The minimum absolute atomic E-state index is 0.328. The lowest BCUT2D eigenvalue weighted by molar-refractivity contribution is -0.143. The van der Waals surface area contributed by atoms with Gasteiger partial charge in [0.05, 0.1) is 18.7 Å². The standard InChI is InChI=1S/C15H16N2O3/c1-20-15(19)13(8-10-2-3-10)17-14(18)12-6-4-11(9-16)5-7-12/h4-7,10,13H,2-3,8H2,1H3,(H,17,18)/t13-/m0/s1. The van der Waals surface area contributed by atoms with Crippen molar-refractivity contribution in [2.45, 2.75) is 25.3 Å². The predicted molar refractivity (Wildman–Crippen MR) is 71.8 cm³/mol. The van der Waals surface area contributed by atoms with Gasteiger partial charge in [0, 0.05) is 5.56 Å². The van der Waals surface area contributed by atoms with Crippen molar-refractivity contribution in [3.63, 3.8) is 0 Å².